The van der Waals surface area contributed by atoms with Gasteiger partial charge in [0.15, 0.2) is 0 Å². The number of hydrogen-bond acceptors (Lipinski definition) is 3. The Labute approximate surface area is 149 Å². The highest BCUT2D eigenvalue weighted by Gasteiger charge is 2.25. The summed E-state index contributed by atoms with van der Waals surface area (Å²) in [4.78, 5) is 14.7. The SMILES string of the molecule is CN(C(=O)c1ccccc1COc1ccccc1)C1CCNC1.Cl. The van der Waals surface area contributed by atoms with Crippen molar-refractivity contribution < 1.29 is 9.53 Å². The summed E-state index contributed by atoms with van der Waals surface area (Å²) in [5.74, 6) is 0.870. The fourth-order valence-electron chi connectivity index (χ4n) is 2.86. The Hall–Kier alpha value is -2.04. The zero-order valence-electron chi connectivity index (χ0n) is 13.8. The van der Waals surface area contributed by atoms with Gasteiger partial charge >= 0.3 is 0 Å². The lowest BCUT2D eigenvalue weighted by Gasteiger charge is -2.25. The van der Waals surface area contributed by atoms with Gasteiger partial charge in [0, 0.05) is 30.8 Å². The first-order valence-corrected chi connectivity index (χ1v) is 7.99. The molecule has 1 amide bonds. The molecule has 0 spiro atoms. The lowest BCUT2D eigenvalue weighted by Crippen LogP contribution is -2.38. The van der Waals surface area contributed by atoms with Crippen LogP contribution in [0.4, 0.5) is 0 Å². The van der Waals surface area contributed by atoms with Gasteiger partial charge in [-0.2, -0.15) is 0 Å². The molecule has 2 aromatic carbocycles. The highest BCUT2D eigenvalue weighted by atomic mass is 35.5. The molecule has 1 atom stereocenters. The third-order valence-electron chi connectivity index (χ3n) is 4.29. The lowest BCUT2D eigenvalue weighted by molar-refractivity contribution is 0.0741. The van der Waals surface area contributed by atoms with Crippen molar-refractivity contribution in [3.05, 3.63) is 65.7 Å². The molecule has 0 aliphatic carbocycles. The number of likely N-dealkylation sites (N-methyl/N-ethyl adjacent to an activating group) is 1. The summed E-state index contributed by atoms with van der Waals surface area (Å²) in [5, 5.41) is 3.30. The standard InChI is InChI=1S/C19H22N2O2.ClH/c1-21(16-11-12-20-13-16)19(22)18-10-6-5-7-15(18)14-23-17-8-3-2-4-9-17;/h2-10,16,20H,11-14H2,1H3;1H. The summed E-state index contributed by atoms with van der Waals surface area (Å²) in [6.45, 7) is 2.23. The monoisotopic (exact) mass is 346 g/mol. The van der Waals surface area contributed by atoms with Crippen LogP contribution in [0.3, 0.4) is 0 Å². The van der Waals surface area contributed by atoms with Crippen LogP contribution in [-0.2, 0) is 6.61 Å². The maximum Gasteiger partial charge on any atom is 0.254 e. The first-order valence-electron chi connectivity index (χ1n) is 7.99. The number of carbonyl (C=O) groups excluding carboxylic acids is 1. The first kappa shape index (κ1) is 18.3. The molecule has 24 heavy (non-hydrogen) atoms. The van der Waals surface area contributed by atoms with Crippen molar-refractivity contribution in [1.29, 1.82) is 0 Å². The number of para-hydroxylation sites is 1. The van der Waals surface area contributed by atoms with Gasteiger partial charge < -0.3 is 15.0 Å². The van der Waals surface area contributed by atoms with Crippen molar-refractivity contribution in [2.45, 2.75) is 19.1 Å². The van der Waals surface area contributed by atoms with E-state index in [-0.39, 0.29) is 24.4 Å². The van der Waals surface area contributed by atoms with Crippen molar-refractivity contribution in [3.63, 3.8) is 0 Å². The van der Waals surface area contributed by atoms with E-state index in [1.54, 1.807) is 0 Å². The number of amides is 1. The minimum Gasteiger partial charge on any atom is -0.489 e. The normalized spacial score (nSPS) is 16.3. The smallest absolute Gasteiger partial charge is 0.254 e. The fourth-order valence-corrected chi connectivity index (χ4v) is 2.86. The summed E-state index contributed by atoms with van der Waals surface area (Å²) in [6, 6.07) is 17.6. The zero-order chi connectivity index (χ0) is 16.1. The molecule has 1 unspecified atom stereocenters. The number of nitrogens with zero attached hydrogens (tertiary/aromatic N) is 1. The van der Waals surface area contributed by atoms with Gasteiger partial charge in [-0.3, -0.25) is 4.79 Å². The van der Waals surface area contributed by atoms with Crippen LogP contribution < -0.4 is 10.1 Å². The minimum absolute atomic E-state index is 0. The molecular formula is C19H23ClN2O2. The van der Waals surface area contributed by atoms with Gasteiger partial charge in [0.05, 0.1) is 0 Å². The highest BCUT2D eigenvalue weighted by molar-refractivity contribution is 5.95. The van der Waals surface area contributed by atoms with Crippen LogP contribution >= 0.6 is 12.4 Å². The molecule has 1 saturated heterocycles. The molecular weight excluding hydrogens is 324 g/mol. The van der Waals surface area contributed by atoms with E-state index in [1.807, 2.05) is 66.5 Å². The molecule has 1 aliphatic rings. The van der Waals surface area contributed by atoms with Crippen molar-refractivity contribution in [3.8, 4) is 5.75 Å². The van der Waals surface area contributed by atoms with E-state index in [0.29, 0.717) is 6.61 Å². The molecule has 1 heterocycles. The van der Waals surface area contributed by atoms with E-state index < -0.39 is 0 Å². The molecule has 128 valence electrons. The Morgan fingerprint density at radius 1 is 1.17 bits per heavy atom. The van der Waals surface area contributed by atoms with Crippen molar-refractivity contribution in [1.82, 2.24) is 10.2 Å². The van der Waals surface area contributed by atoms with Gasteiger partial charge in [0.25, 0.3) is 5.91 Å². The maximum absolute atomic E-state index is 12.8. The van der Waals surface area contributed by atoms with Gasteiger partial charge in [0.1, 0.15) is 12.4 Å². The molecule has 0 bridgehead atoms. The van der Waals surface area contributed by atoms with Crippen LogP contribution in [-0.4, -0.2) is 37.0 Å². The molecule has 1 fully saturated rings. The molecule has 0 aromatic heterocycles. The Bertz CT molecular complexity index is 657. The number of nitrogens with one attached hydrogen (secondary N) is 1. The molecule has 1 aliphatic heterocycles. The van der Waals surface area contributed by atoms with Crippen LogP contribution in [0, 0.1) is 0 Å². The Kier molecular flexibility index (Phi) is 6.64. The van der Waals surface area contributed by atoms with Crippen LogP contribution in [0.25, 0.3) is 0 Å². The van der Waals surface area contributed by atoms with Gasteiger partial charge in [-0.15, -0.1) is 12.4 Å². The second-order valence-corrected chi connectivity index (χ2v) is 5.82. The quantitative estimate of drug-likeness (QED) is 0.904. The Balaban J connectivity index is 0.00000208. The fraction of sp³-hybridized carbons (Fsp3) is 0.316. The third-order valence-corrected chi connectivity index (χ3v) is 4.29. The molecule has 2 aromatic rings. The van der Waals surface area contributed by atoms with E-state index in [9.17, 15) is 4.79 Å². The van der Waals surface area contributed by atoms with Gasteiger partial charge in [0.2, 0.25) is 0 Å². The van der Waals surface area contributed by atoms with Crippen LogP contribution in [0.2, 0.25) is 0 Å². The van der Waals surface area contributed by atoms with Gasteiger partial charge in [-0.05, 0) is 31.2 Å². The van der Waals surface area contributed by atoms with Crippen molar-refractivity contribution >= 4 is 18.3 Å². The summed E-state index contributed by atoms with van der Waals surface area (Å²) < 4.78 is 5.81. The Morgan fingerprint density at radius 2 is 1.88 bits per heavy atom. The highest BCUT2D eigenvalue weighted by Crippen LogP contribution is 2.18. The second-order valence-electron chi connectivity index (χ2n) is 5.82. The molecule has 1 N–H and O–H groups in total. The predicted octanol–water partition coefficient (Wildman–Crippen LogP) is 3.12. The molecule has 4 nitrogen and oxygen atoms in total. The van der Waals surface area contributed by atoms with Crippen molar-refractivity contribution in [2.75, 3.05) is 20.1 Å². The minimum atomic E-state index is 0. The van der Waals surface area contributed by atoms with E-state index in [2.05, 4.69) is 5.32 Å². The summed E-state index contributed by atoms with van der Waals surface area (Å²) >= 11 is 0. The number of rotatable bonds is 5. The number of ether oxygens (including phenoxy) is 1. The first-order chi connectivity index (χ1) is 11.3. The lowest BCUT2D eigenvalue weighted by atomic mass is 10.1. The number of carbonyl (C=O) groups is 1. The van der Waals surface area contributed by atoms with E-state index in [1.165, 1.54) is 0 Å². The predicted molar refractivity (Wildman–Crippen MR) is 97.8 cm³/mol. The zero-order valence-corrected chi connectivity index (χ0v) is 14.6. The molecule has 0 saturated carbocycles. The average molecular weight is 347 g/mol. The maximum atomic E-state index is 12.8. The van der Waals surface area contributed by atoms with Gasteiger partial charge in [-0.1, -0.05) is 36.4 Å². The third kappa shape index (κ3) is 4.28. The van der Waals surface area contributed by atoms with E-state index in [4.69, 9.17) is 4.74 Å². The average Bonchev–Trinajstić information content (AvgIpc) is 3.14. The number of hydrogen-bond donors (Lipinski definition) is 1. The topological polar surface area (TPSA) is 41.6 Å². The van der Waals surface area contributed by atoms with E-state index in [0.717, 1.165) is 36.4 Å². The largest absolute Gasteiger partial charge is 0.489 e. The van der Waals surface area contributed by atoms with Crippen LogP contribution in [0.1, 0.15) is 22.3 Å². The van der Waals surface area contributed by atoms with E-state index >= 15 is 0 Å². The van der Waals surface area contributed by atoms with Crippen LogP contribution in [0.15, 0.2) is 54.6 Å². The molecule has 5 heteroatoms. The Morgan fingerprint density at radius 3 is 2.58 bits per heavy atom. The summed E-state index contributed by atoms with van der Waals surface area (Å²) in [5.41, 5.74) is 1.64. The molecule has 0 radical (unpaired) electrons. The summed E-state index contributed by atoms with van der Waals surface area (Å²) in [7, 11) is 1.88. The van der Waals surface area contributed by atoms with Crippen LogP contribution in [0.5, 0.6) is 5.75 Å². The van der Waals surface area contributed by atoms with Gasteiger partial charge in [-0.25, -0.2) is 0 Å². The van der Waals surface area contributed by atoms with Crippen molar-refractivity contribution in [2.24, 2.45) is 0 Å². The molecule has 3 rings (SSSR count). The summed E-state index contributed by atoms with van der Waals surface area (Å²) in [6.07, 6.45) is 1.00. The number of halogens is 1. The second kappa shape index (κ2) is 8.71. The number of benzene rings is 2.